The SMILES string of the molecule is C[Si](C)(C)OC(=C\Br)/N=C/c1ccccc1. The van der Waals surface area contributed by atoms with Gasteiger partial charge in [-0.25, -0.2) is 4.99 Å². The molecule has 0 aliphatic heterocycles. The van der Waals surface area contributed by atoms with E-state index in [4.69, 9.17) is 4.43 Å². The maximum atomic E-state index is 5.76. The first-order valence-corrected chi connectivity index (χ1v) is 9.42. The molecule has 0 amide bonds. The van der Waals surface area contributed by atoms with Gasteiger partial charge in [-0.15, -0.1) is 0 Å². The van der Waals surface area contributed by atoms with E-state index in [1.807, 2.05) is 30.3 Å². The number of aliphatic imine (C=N–C) groups is 1. The Bertz CT molecular complexity index is 382. The van der Waals surface area contributed by atoms with E-state index in [-0.39, 0.29) is 0 Å². The zero-order valence-electron chi connectivity index (χ0n) is 9.77. The summed E-state index contributed by atoms with van der Waals surface area (Å²) in [5.74, 6) is 0.628. The predicted molar refractivity (Wildman–Crippen MR) is 75.5 cm³/mol. The summed E-state index contributed by atoms with van der Waals surface area (Å²) in [6, 6.07) is 9.96. The minimum absolute atomic E-state index is 0.628. The van der Waals surface area contributed by atoms with E-state index in [1.54, 1.807) is 11.2 Å². The molecule has 0 bridgehead atoms. The Morgan fingerprint density at radius 1 is 1.25 bits per heavy atom. The van der Waals surface area contributed by atoms with Gasteiger partial charge in [0.15, 0.2) is 0 Å². The van der Waals surface area contributed by atoms with Gasteiger partial charge < -0.3 is 4.43 Å². The first-order chi connectivity index (χ1) is 7.51. The van der Waals surface area contributed by atoms with Crippen LogP contribution in [0.4, 0.5) is 0 Å². The second-order valence-electron chi connectivity index (χ2n) is 4.33. The molecule has 0 aromatic heterocycles. The Kier molecular flexibility index (Phi) is 4.95. The number of nitrogens with zero attached hydrogens (tertiary/aromatic N) is 1. The lowest BCUT2D eigenvalue weighted by Crippen LogP contribution is -2.24. The predicted octanol–water partition coefficient (Wildman–Crippen LogP) is 4.15. The Morgan fingerprint density at radius 2 is 1.88 bits per heavy atom. The van der Waals surface area contributed by atoms with Crippen LogP contribution >= 0.6 is 15.9 Å². The van der Waals surface area contributed by atoms with Crippen molar-refractivity contribution in [2.45, 2.75) is 19.6 Å². The van der Waals surface area contributed by atoms with Crippen molar-refractivity contribution in [2.24, 2.45) is 4.99 Å². The van der Waals surface area contributed by atoms with Gasteiger partial charge in [0.2, 0.25) is 14.2 Å². The van der Waals surface area contributed by atoms with E-state index in [0.717, 1.165) is 5.56 Å². The molecule has 0 spiro atoms. The van der Waals surface area contributed by atoms with Crippen LogP contribution in [0.25, 0.3) is 0 Å². The average molecular weight is 298 g/mol. The average Bonchev–Trinajstić information content (AvgIpc) is 2.24. The Labute approximate surface area is 106 Å². The summed E-state index contributed by atoms with van der Waals surface area (Å²) in [7, 11) is -1.59. The summed E-state index contributed by atoms with van der Waals surface area (Å²) < 4.78 is 5.76. The molecular formula is C12H16BrNOSi. The van der Waals surface area contributed by atoms with Crippen LogP contribution in [0.3, 0.4) is 0 Å². The van der Waals surface area contributed by atoms with Crippen molar-refractivity contribution in [3.63, 3.8) is 0 Å². The minimum atomic E-state index is -1.59. The molecule has 1 aromatic carbocycles. The summed E-state index contributed by atoms with van der Waals surface area (Å²) in [5, 5.41) is 0. The maximum absolute atomic E-state index is 5.76. The van der Waals surface area contributed by atoms with Crippen LogP contribution in [0.15, 0.2) is 46.2 Å². The molecule has 0 unspecified atom stereocenters. The zero-order valence-corrected chi connectivity index (χ0v) is 12.4. The fourth-order valence-corrected chi connectivity index (χ4v) is 2.19. The van der Waals surface area contributed by atoms with E-state index in [9.17, 15) is 0 Å². The van der Waals surface area contributed by atoms with E-state index in [2.05, 4.69) is 40.6 Å². The Balaban J connectivity index is 2.69. The van der Waals surface area contributed by atoms with Crippen molar-refractivity contribution in [1.29, 1.82) is 0 Å². The van der Waals surface area contributed by atoms with E-state index in [1.165, 1.54) is 0 Å². The minimum Gasteiger partial charge on any atom is -0.531 e. The van der Waals surface area contributed by atoms with Gasteiger partial charge in [0.05, 0.1) is 0 Å². The molecule has 0 saturated heterocycles. The summed E-state index contributed by atoms with van der Waals surface area (Å²) in [6.07, 6.45) is 1.80. The molecule has 0 fully saturated rings. The Morgan fingerprint density at radius 3 is 2.38 bits per heavy atom. The lowest BCUT2D eigenvalue weighted by Gasteiger charge is -2.18. The van der Waals surface area contributed by atoms with Crippen molar-refractivity contribution in [3.05, 3.63) is 46.8 Å². The van der Waals surface area contributed by atoms with E-state index >= 15 is 0 Å². The molecule has 0 aliphatic carbocycles. The molecule has 0 saturated carbocycles. The molecule has 4 heteroatoms. The van der Waals surface area contributed by atoms with Crippen molar-refractivity contribution in [3.8, 4) is 0 Å². The number of hydrogen-bond acceptors (Lipinski definition) is 2. The van der Waals surface area contributed by atoms with Crippen molar-refractivity contribution in [1.82, 2.24) is 0 Å². The van der Waals surface area contributed by atoms with Gasteiger partial charge in [-0.1, -0.05) is 46.3 Å². The van der Waals surface area contributed by atoms with E-state index < -0.39 is 8.32 Å². The fourth-order valence-electron chi connectivity index (χ4n) is 1.07. The van der Waals surface area contributed by atoms with Gasteiger partial charge in [0.1, 0.15) is 0 Å². The van der Waals surface area contributed by atoms with Crippen LogP contribution in [0, 0.1) is 0 Å². The number of hydrogen-bond donors (Lipinski definition) is 0. The van der Waals surface area contributed by atoms with Crippen LogP contribution in [-0.4, -0.2) is 14.5 Å². The lowest BCUT2D eigenvalue weighted by molar-refractivity contribution is 0.420. The van der Waals surface area contributed by atoms with Crippen LogP contribution < -0.4 is 0 Å². The third-order valence-corrected chi connectivity index (χ3v) is 2.86. The second kappa shape index (κ2) is 6.01. The molecule has 16 heavy (non-hydrogen) atoms. The van der Waals surface area contributed by atoms with Crippen molar-refractivity contribution < 1.29 is 4.43 Å². The molecule has 0 heterocycles. The van der Waals surface area contributed by atoms with E-state index in [0.29, 0.717) is 5.88 Å². The summed E-state index contributed by atoms with van der Waals surface area (Å²) in [6.45, 7) is 6.38. The molecule has 2 nitrogen and oxygen atoms in total. The van der Waals surface area contributed by atoms with Crippen LogP contribution in [0.5, 0.6) is 0 Å². The molecular weight excluding hydrogens is 282 g/mol. The standard InChI is InChI=1S/C12H16BrNOSi/c1-16(2,3)15-12(9-13)14-10-11-7-5-4-6-8-11/h4-10H,1-3H3/b12-9-,14-10+. The van der Waals surface area contributed by atoms with Gasteiger partial charge in [-0.2, -0.15) is 0 Å². The molecule has 0 N–H and O–H groups in total. The number of benzene rings is 1. The second-order valence-corrected chi connectivity index (χ2v) is 9.22. The van der Waals surface area contributed by atoms with Gasteiger partial charge in [-0.05, 0) is 25.2 Å². The maximum Gasteiger partial charge on any atom is 0.244 e. The largest absolute Gasteiger partial charge is 0.531 e. The first-order valence-electron chi connectivity index (χ1n) is 5.10. The van der Waals surface area contributed by atoms with Crippen molar-refractivity contribution >= 4 is 30.5 Å². The number of rotatable bonds is 4. The summed E-state index contributed by atoms with van der Waals surface area (Å²) in [4.78, 5) is 6.01. The van der Waals surface area contributed by atoms with Crippen LogP contribution in [0.1, 0.15) is 5.56 Å². The van der Waals surface area contributed by atoms with Gasteiger partial charge in [0.25, 0.3) is 0 Å². The fraction of sp³-hybridized carbons (Fsp3) is 0.250. The quantitative estimate of drug-likeness (QED) is 0.465. The normalized spacial score (nSPS) is 13.1. The van der Waals surface area contributed by atoms with Gasteiger partial charge in [0, 0.05) is 11.2 Å². The highest BCUT2D eigenvalue weighted by atomic mass is 79.9. The number of halogens is 1. The third kappa shape index (κ3) is 5.28. The molecule has 1 aromatic rings. The van der Waals surface area contributed by atoms with Gasteiger partial charge >= 0.3 is 0 Å². The highest BCUT2D eigenvalue weighted by molar-refractivity contribution is 9.11. The molecule has 0 aliphatic rings. The summed E-state index contributed by atoms with van der Waals surface area (Å²) >= 11 is 3.26. The Hall–Kier alpha value is -0.873. The molecule has 86 valence electrons. The molecule has 0 atom stereocenters. The monoisotopic (exact) mass is 297 g/mol. The highest BCUT2D eigenvalue weighted by Crippen LogP contribution is 2.13. The summed E-state index contributed by atoms with van der Waals surface area (Å²) in [5.41, 5.74) is 1.06. The van der Waals surface area contributed by atoms with Crippen LogP contribution in [0.2, 0.25) is 19.6 Å². The van der Waals surface area contributed by atoms with Crippen molar-refractivity contribution in [2.75, 3.05) is 0 Å². The zero-order chi connectivity index (χ0) is 12.0. The first kappa shape index (κ1) is 13.2. The molecule has 1 rings (SSSR count). The van der Waals surface area contributed by atoms with Gasteiger partial charge in [-0.3, -0.25) is 0 Å². The highest BCUT2D eigenvalue weighted by Gasteiger charge is 2.16. The smallest absolute Gasteiger partial charge is 0.244 e. The topological polar surface area (TPSA) is 21.6 Å². The third-order valence-electron chi connectivity index (χ3n) is 1.64. The lowest BCUT2D eigenvalue weighted by atomic mass is 10.2. The van der Waals surface area contributed by atoms with Crippen LogP contribution in [-0.2, 0) is 4.43 Å². The molecule has 0 radical (unpaired) electrons.